The molecule has 1 aromatic carbocycles. The Morgan fingerprint density at radius 1 is 1.47 bits per heavy atom. The topological polar surface area (TPSA) is 76.7 Å². The Labute approximate surface area is 96.2 Å². The molecule has 0 radical (unpaired) electrons. The van der Waals surface area contributed by atoms with E-state index in [2.05, 4.69) is 0 Å². The normalized spacial score (nSPS) is 10.4. The molecule has 0 aliphatic carbocycles. The molecule has 0 fully saturated rings. The molecule has 0 bridgehead atoms. The third-order valence-corrected chi connectivity index (χ3v) is 2.24. The van der Waals surface area contributed by atoms with Crippen LogP contribution in [0.5, 0.6) is 5.75 Å². The summed E-state index contributed by atoms with van der Waals surface area (Å²) in [7, 11) is 0. The van der Waals surface area contributed by atoms with Crippen molar-refractivity contribution in [1.82, 2.24) is 0 Å². The van der Waals surface area contributed by atoms with E-state index in [0.29, 0.717) is 5.39 Å². The zero-order valence-electron chi connectivity index (χ0n) is 9.10. The predicted molar refractivity (Wildman–Crippen MR) is 60.1 cm³/mol. The van der Waals surface area contributed by atoms with Crippen LogP contribution < -0.4 is 5.63 Å². The van der Waals surface area contributed by atoms with Crippen molar-refractivity contribution in [1.29, 1.82) is 0 Å². The number of phenolic OH excluding ortho intramolecular Hbond substituents is 1. The number of aromatic hydroxyl groups is 1. The first kappa shape index (κ1) is 11.2. The van der Waals surface area contributed by atoms with Gasteiger partial charge in [-0.3, -0.25) is 0 Å². The van der Waals surface area contributed by atoms with Crippen LogP contribution in [0.15, 0.2) is 33.5 Å². The van der Waals surface area contributed by atoms with E-state index < -0.39 is 11.6 Å². The van der Waals surface area contributed by atoms with Crippen LogP contribution in [-0.4, -0.2) is 17.7 Å². The number of hydrogen-bond donors (Lipinski definition) is 1. The molecule has 0 unspecified atom stereocenters. The first-order valence-electron chi connectivity index (χ1n) is 5.06. The second-order valence-electron chi connectivity index (χ2n) is 3.35. The van der Waals surface area contributed by atoms with Gasteiger partial charge in [0.2, 0.25) is 0 Å². The number of esters is 1. The van der Waals surface area contributed by atoms with E-state index in [9.17, 15) is 14.7 Å². The summed E-state index contributed by atoms with van der Waals surface area (Å²) in [5.41, 5.74) is -0.626. The van der Waals surface area contributed by atoms with E-state index in [-0.39, 0.29) is 23.5 Å². The Hall–Kier alpha value is -2.30. The van der Waals surface area contributed by atoms with Gasteiger partial charge in [0.25, 0.3) is 0 Å². The van der Waals surface area contributed by atoms with Gasteiger partial charge in [0, 0.05) is 11.5 Å². The van der Waals surface area contributed by atoms with Gasteiger partial charge >= 0.3 is 11.6 Å². The number of phenols is 1. The Morgan fingerprint density at radius 2 is 2.24 bits per heavy atom. The van der Waals surface area contributed by atoms with Crippen molar-refractivity contribution < 1.29 is 19.1 Å². The number of benzene rings is 1. The van der Waals surface area contributed by atoms with E-state index in [1.807, 2.05) is 0 Å². The summed E-state index contributed by atoms with van der Waals surface area (Å²) >= 11 is 0. The molecule has 1 aromatic heterocycles. The Bertz CT molecular complexity index is 626. The third kappa shape index (κ3) is 1.99. The molecule has 0 saturated carbocycles. The first-order valence-corrected chi connectivity index (χ1v) is 5.06. The van der Waals surface area contributed by atoms with Crippen LogP contribution in [-0.2, 0) is 4.74 Å². The Morgan fingerprint density at radius 3 is 2.94 bits per heavy atom. The van der Waals surface area contributed by atoms with E-state index in [0.717, 1.165) is 6.07 Å². The number of para-hydroxylation sites is 1. The Balaban J connectivity index is 2.75. The standard InChI is InChI=1S/C12H10O5/c1-2-16-12(15)8-6-10(14)17-11-7(8)4-3-5-9(11)13/h3-6,13H,2H2,1H3. The maximum atomic E-state index is 11.6. The lowest BCUT2D eigenvalue weighted by Gasteiger charge is -2.05. The van der Waals surface area contributed by atoms with Crippen LogP contribution >= 0.6 is 0 Å². The summed E-state index contributed by atoms with van der Waals surface area (Å²) in [6.45, 7) is 1.88. The van der Waals surface area contributed by atoms with Gasteiger partial charge in [0.1, 0.15) is 0 Å². The van der Waals surface area contributed by atoms with Gasteiger partial charge in [0.05, 0.1) is 12.2 Å². The summed E-state index contributed by atoms with van der Waals surface area (Å²) in [5, 5.41) is 9.90. The molecule has 17 heavy (non-hydrogen) atoms. The molecule has 5 nitrogen and oxygen atoms in total. The number of carbonyl (C=O) groups excluding carboxylic acids is 1. The van der Waals surface area contributed by atoms with Crippen LogP contribution in [0.25, 0.3) is 11.0 Å². The van der Waals surface area contributed by atoms with Crippen molar-refractivity contribution in [2.45, 2.75) is 6.92 Å². The molecule has 1 N–H and O–H groups in total. The van der Waals surface area contributed by atoms with E-state index in [1.165, 1.54) is 6.07 Å². The fourth-order valence-corrected chi connectivity index (χ4v) is 1.55. The average Bonchev–Trinajstić information content (AvgIpc) is 2.30. The van der Waals surface area contributed by atoms with Gasteiger partial charge in [-0.15, -0.1) is 0 Å². The second-order valence-corrected chi connectivity index (χ2v) is 3.35. The van der Waals surface area contributed by atoms with Gasteiger partial charge in [-0.1, -0.05) is 12.1 Å². The lowest BCUT2D eigenvalue weighted by Crippen LogP contribution is -2.09. The van der Waals surface area contributed by atoms with Crippen molar-refractivity contribution in [2.75, 3.05) is 6.61 Å². The van der Waals surface area contributed by atoms with Crippen molar-refractivity contribution in [2.24, 2.45) is 0 Å². The highest BCUT2D eigenvalue weighted by molar-refractivity contribution is 6.03. The van der Waals surface area contributed by atoms with Crippen molar-refractivity contribution in [3.05, 3.63) is 40.2 Å². The fourth-order valence-electron chi connectivity index (χ4n) is 1.55. The van der Waals surface area contributed by atoms with Crippen LogP contribution in [0.3, 0.4) is 0 Å². The second kappa shape index (κ2) is 4.29. The summed E-state index contributed by atoms with van der Waals surface area (Å²) < 4.78 is 9.68. The van der Waals surface area contributed by atoms with Crippen molar-refractivity contribution in [3.8, 4) is 5.75 Å². The van der Waals surface area contributed by atoms with Gasteiger partial charge in [-0.05, 0) is 13.0 Å². The minimum absolute atomic E-state index is 0.0111. The maximum absolute atomic E-state index is 11.6. The lowest BCUT2D eigenvalue weighted by atomic mass is 10.1. The zero-order chi connectivity index (χ0) is 12.4. The van der Waals surface area contributed by atoms with E-state index >= 15 is 0 Å². The maximum Gasteiger partial charge on any atom is 0.339 e. The number of carbonyl (C=O) groups is 1. The summed E-state index contributed by atoms with van der Waals surface area (Å²) in [6, 6.07) is 5.56. The largest absolute Gasteiger partial charge is 0.504 e. The average molecular weight is 234 g/mol. The monoisotopic (exact) mass is 234 g/mol. The molecule has 0 saturated heterocycles. The quantitative estimate of drug-likeness (QED) is 0.631. The molecule has 5 heteroatoms. The van der Waals surface area contributed by atoms with Crippen LogP contribution in [0.1, 0.15) is 17.3 Å². The molecule has 0 aliphatic rings. The highest BCUT2D eigenvalue weighted by atomic mass is 16.5. The van der Waals surface area contributed by atoms with Crippen molar-refractivity contribution in [3.63, 3.8) is 0 Å². The molecule has 2 aromatic rings. The number of hydrogen-bond acceptors (Lipinski definition) is 5. The first-order chi connectivity index (χ1) is 8.13. The molecule has 0 aliphatic heterocycles. The van der Waals surface area contributed by atoms with Crippen molar-refractivity contribution >= 4 is 16.9 Å². The van der Waals surface area contributed by atoms with Gasteiger partial charge < -0.3 is 14.3 Å². The lowest BCUT2D eigenvalue weighted by molar-refractivity contribution is 0.0528. The molecule has 88 valence electrons. The molecular formula is C12H10O5. The molecule has 2 rings (SSSR count). The minimum Gasteiger partial charge on any atom is -0.504 e. The fraction of sp³-hybridized carbons (Fsp3) is 0.167. The highest BCUT2D eigenvalue weighted by Gasteiger charge is 2.15. The smallest absolute Gasteiger partial charge is 0.339 e. The predicted octanol–water partition coefficient (Wildman–Crippen LogP) is 1.68. The number of rotatable bonds is 2. The summed E-state index contributed by atoms with van der Waals surface area (Å²) in [4.78, 5) is 22.9. The molecule has 1 heterocycles. The van der Waals surface area contributed by atoms with E-state index in [1.54, 1.807) is 19.1 Å². The SMILES string of the molecule is CCOC(=O)c1cc(=O)oc2c(O)cccc12. The van der Waals surface area contributed by atoms with Crippen LogP contribution in [0.2, 0.25) is 0 Å². The van der Waals surface area contributed by atoms with E-state index in [4.69, 9.17) is 9.15 Å². The Kier molecular flexibility index (Phi) is 2.82. The minimum atomic E-state index is -0.706. The van der Waals surface area contributed by atoms with Gasteiger partial charge in [0.15, 0.2) is 11.3 Å². The van der Waals surface area contributed by atoms with Gasteiger partial charge in [-0.25, -0.2) is 9.59 Å². The zero-order valence-corrected chi connectivity index (χ0v) is 9.10. The van der Waals surface area contributed by atoms with Crippen LogP contribution in [0.4, 0.5) is 0 Å². The highest BCUT2D eigenvalue weighted by Crippen LogP contribution is 2.25. The third-order valence-electron chi connectivity index (χ3n) is 2.24. The van der Waals surface area contributed by atoms with Crippen LogP contribution in [0, 0.1) is 0 Å². The number of fused-ring (bicyclic) bond motifs is 1. The summed E-state index contributed by atoms with van der Waals surface area (Å²) in [5.74, 6) is -0.804. The molecule has 0 spiro atoms. The molecular weight excluding hydrogens is 224 g/mol. The molecule has 0 atom stereocenters. The van der Waals surface area contributed by atoms with Gasteiger partial charge in [-0.2, -0.15) is 0 Å². The summed E-state index contributed by atoms with van der Waals surface area (Å²) in [6.07, 6.45) is 0. The molecule has 0 amide bonds. The number of ether oxygens (including phenoxy) is 1.